The van der Waals surface area contributed by atoms with Crippen molar-refractivity contribution < 1.29 is 23.5 Å². The van der Waals surface area contributed by atoms with E-state index in [1.54, 1.807) is 25.1 Å². The summed E-state index contributed by atoms with van der Waals surface area (Å²) in [6.45, 7) is 3.93. The van der Waals surface area contributed by atoms with Gasteiger partial charge in [-0.3, -0.25) is 10.1 Å². The van der Waals surface area contributed by atoms with Crippen LogP contribution >= 0.6 is 22.9 Å². The van der Waals surface area contributed by atoms with Crippen LogP contribution in [0.4, 0.5) is 14.9 Å². The molecule has 1 aliphatic carbocycles. The van der Waals surface area contributed by atoms with Gasteiger partial charge in [0.05, 0.1) is 26.9 Å². The number of esters is 1. The van der Waals surface area contributed by atoms with E-state index in [1.807, 2.05) is 55.5 Å². The van der Waals surface area contributed by atoms with E-state index in [0.717, 1.165) is 40.0 Å². The Hall–Kier alpha value is -3.68. The Morgan fingerprint density at radius 3 is 2.15 bits per heavy atom. The minimum atomic E-state index is -0.629. The van der Waals surface area contributed by atoms with Gasteiger partial charge >= 0.3 is 12.1 Å². The number of thiophene rings is 1. The molecule has 1 amide bonds. The lowest BCUT2D eigenvalue weighted by Gasteiger charge is -2.15. The first-order chi connectivity index (χ1) is 18.8. The zero-order valence-electron chi connectivity index (χ0n) is 21.5. The number of rotatable bonds is 8. The lowest BCUT2D eigenvalue weighted by molar-refractivity contribution is -0.146. The van der Waals surface area contributed by atoms with Gasteiger partial charge in [0, 0.05) is 0 Å². The summed E-state index contributed by atoms with van der Waals surface area (Å²) in [5.41, 5.74) is 4.69. The number of ether oxygens (including phenoxy) is 2. The minimum Gasteiger partial charge on any atom is -0.465 e. The summed E-state index contributed by atoms with van der Waals surface area (Å²) in [5.74, 6) is -0.494. The Balaban J connectivity index is 1.28. The standard InChI is InChI=1S/C31H27ClFNO4S/c1-3-37-29(35)31(16-17-31)24-12-8-22(9-13-24)21-4-6-23(7-5-21)28-26(18-27(32)39-28)34-30(36)38-19(2)20-10-14-25(33)15-11-20/h4-15,18-19H,3,16-17H2,1-2H3,(H,34,36)/t19-/m1/s1. The number of hydrogen-bond acceptors (Lipinski definition) is 5. The second kappa shape index (κ2) is 11.2. The maximum absolute atomic E-state index is 13.2. The van der Waals surface area contributed by atoms with Gasteiger partial charge in [0.1, 0.15) is 11.9 Å². The maximum atomic E-state index is 13.2. The summed E-state index contributed by atoms with van der Waals surface area (Å²) in [7, 11) is 0. The fraction of sp³-hybridized carbons (Fsp3) is 0.226. The number of hydrogen-bond donors (Lipinski definition) is 1. The molecule has 1 aliphatic rings. The second-order valence-electron chi connectivity index (χ2n) is 9.47. The normalized spacial score (nSPS) is 14.4. The van der Waals surface area contributed by atoms with Crippen molar-refractivity contribution in [1.29, 1.82) is 0 Å². The smallest absolute Gasteiger partial charge is 0.412 e. The van der Waals surface area contributed by atoms with Crippen LogP contribution in [0.25, 0.3) is 21.6 Å². The number of carbonyl (C=O) groups excluding carboxylic acids is 2. The summed E-state index contributed by atoms with van der Waals surface area (Å²) in [6, 6.07) is 23.5. The Bertz CT molecular complexity index is 1480. The molecule has 39 heavy (non-hydrogen) atoms. The molecule has 1 N–H and O–H groups in total. The molecule has 0 unspecified atom stereocenters. The molecule has 0 radical (unpaired) electrons. The van der Waals surface area contributed by atoms with Gasteiger partial charge < -0.3 is 9.47 Å². The monoisotopic (exact) mass is 563 g/mol. The average Bonchev–Trinajstić information content (AvgIpc) is 3.67. The number of benzene rings is 3. The summed E-state index contributed by atoms with van der Waals surface area (Å²) in [6.07, 6.45) is 0.452. The zero-order chi connectivity index (χ0) is 27.6. The van der Waals surface area contributed by atoms with Gasteiger partial charge in [0.25, 0.3) is 0 Å². The molecular formula is C31H27ClFNO4S. The number of anilines is 1. The van der Waals surface area contributed by atoms with Crippen molar-refractivity contribution in [2.75, 3.05) is 11.9 Å². The van der Waals surface area contributed by atoms with E-state index in [1.165, 1.54) is 23.5 Å². The van der Waals surface area contributed by atoms with E-state index in [0.29, 0.717) is 22.2 Å². The fourth-order valence-electron chi connectivity index (χ4n) is 4.57. The molecule has 8 heteroatoms. The quantitative estimate of drug-likeness (QED) is 0.218. The first kappa shape index (κ1) is 26.9. The first-order valence-electron chi connectivity index (χ1n) is 12.7. The topological polar surface area (TPSA) is 64.6 Å². The maximum Gasteiger partial charge on any atom is 0.412 e. The molecule has 1 saturated carbocycles. The van der Waals surface area contributed by atoms with Crippen molar-refractivity contribution in [3.8, 4) is 21.6 Å². The summed E-state index contributed by atoms with van der Waals surface area (Å²) in [5, 5.41) is 2.79. The predicted molar refractivity (Wildman–Crippen MR) is 153 cm³/mol. The van der Waals surface area contributed by atoms with Gasteiger partial charge in [-0.05, 0) is 72.7 Å². The van der Waals surface area contributed by atoms with Crippen LogP contribution in [0.15, 0.2) is 78.9 Å². The minimum absolute atomic E-state index is 0.144. The molecule has 1 aromatic heterocycles. The third kappa shape index (κ3) is 5.84. The average molecular weight is 564 g/mol. The molecule has 0 bridgehead atoms. The van der Waals surface area contributed by atoms with Gasteiger partial charge in [0.15, 0.2) is 0 Å². The first-order valence-corrected chi connectivity index (χ1v) is 13.9. The van der Waals surface area contributed by atoms with Crippen LogP contribution in [0.5, 0.6) is 0 Å². The van der Waals surface area contributed by atoms with Crippen molar-refractivity contribution in [3.63, 3.8) is 0 Å². The van der Waals surface area contributed by atoms with Crippen molar-refractivity contribution in [3.05, 3.63) is 100 Å². The van der Waals surface area contributed by atoms with Crippen molar-refractivity contribution >= 4 is 40.7 Å². The largest absolute Gasteiger partial charge is 0.465 e. The molecule has 1 atom stereocenters. The van der Waals surface area contributed by atoms with E-state index in [2.05, 4.69) is 5.32 Å². The molecular weight excluding hydrogens is 537 g/mol. The molecule has 1 heterocycles. The van der Waals surface area contributed by atoms with Crippen LogP contribution in [0.2, 0.25) is 4.34 Å². The third-order valence-electron chi connectivity index (χ3n) is 6.90. The third-order valence-corrected chi connectivity index (χ3v) is 8.21. The molecule has 200 valence electrons. The van der Waals surface area contributed by atoms with Crippen LogP contribution in [-0.2, 0) is 19.7 Å². The number of nitrogens with one attached hydrogen (secondary N) is 1. The van der Waals surface area contributed by atoms with E-state index >= 15 is 0 Å². The summed E-state index contributed by atoms with van der Waals surface area (Å²) >= 11 is 7.66. The lowest BCUT2D eigenvalue weighted by atomic mass is 9.93. The molecule has 0 aliphatic heterocycles. The zero-order valence-corrected chi connectivity index (χ0v) is 23.1. The molecule has 5 nitrogen and oxygen atoms in total. The van der Waals surface area contributed by atoms with Crippen molar-refractivity contribution in [1.82, 2.24) is 0 Å². The SMILES string of the molecule is CCOC(=O)C1(c2ccc(-c3ccc(-c4sc(Cl)cc4NC(=O)O[C@H](C)c4ccc(F)cc4)cc3)cc2)CC1. The van der Waals surface area contributed by atoms with E-state index in [-0.39, 0.29) is 11.8 Å². The fourth-order valence-corrected chi connectivity index (χ4v) is 5.76. The number of halogens is 2. The molecule has 5 rings (SSSR count). The summed E-state index contributed by atoms with van der Waals surface area (Å²) in [4.78, 5) is 25.8. The Morgan fingerprint density at radius 1 is 0.974 bits per heavy atom. The number of amides is 1. The highest BCUT2D eigenvalue weighted by Gasteiger charge is 2.52. The van der Waals surface area contributed by atoms with Gasteiger partial charge in [-0.25, -0.2) is 9.18 Å². The van der Waals surface area contributed by atoms with Crippen LogP contribution in [0, 0.1) is 5.82 Å². The van der Waals surface area contributed by atoms with Crippen LogP contribution in [-0.4, -0.2) is 18.7 Å². The highest BCUT2D eigenvalue weighted by molar-refractivity contribution is 7.20. The van der Waals surface area contributed by atoms with Gasteiger partial charge in [0.2, 0.25) is 0 Å². The summed E-state index contributed by atoms with van der Waals surface area (Å²) < 4.78 is 24.5. The molecule has 4 aromatic rings. The van der Waals surface area contributed by atoms with Crippen LogP contribution < -0.4 is 5.32 Å². The molecule has 0 saturated heterocycles. The van der Waals surface area contributed by atoms with E-state index < -0.39 is 17.6 Å². The van der Waals surface area contributed by atoms with E-state index in [9.17, 15) is 14.0 Å². The molecule has 0 spiro atoms. The lowest BCUT2D eigenvalue weighted by Crippen LogP contribution is -2.23. The van der Waals surface area contributed by atoms with Crippen molar-refractivity contribution in [2.45, 2.75) is 38.2 Å². The Labute approximate surface area is 235 Å². The van der Waals surface area contributed by atoms with Crippen LogP contribution in [0.1, 0.15) is 43.9 Å². The predicted octanol–water partition coefficient (Wildman–Crippen LogP) is 8.78. The van der Waals surface area contributed by atoms with Gasteiger partial charge in [-0.2, -0.15) is 0 Å². The molecule has 3 aromatic carbocycles. The number of carbonyl (C=O) groups is 2. The second-order valence-corrected chi connectivity index (χ2v) is 11.2. The van der Waals surface area contributed by atoms with Gasteiger partial charge in [-0.1, -0.05) is 72.3 Å². The molecule has 1 fully saturated rings. The van der Waals surface area contributed by atoms with Crippen LogP contribution in [0.3, 0.4) is 0 Å². The highest BCUT2D eigenvalue weighted by Crippen LogP contribution is 2.49. The Kier molecular flexibility index (Phi) is 7.73. The highest BCUT2D eigenvalue weighted by atomic mass is 35.5. The van der Waals surface area contributed by atoms with E-state index in [4.69, 9.17) is 21.1 Å². The Morgan fingerprint density at radius 2 is 1.56 bits per heavy atom. The van der Waals surface area contributed by atoms with Gasteiger partial charge in [-0.15, -0.1) is 11.3 Å². The van der Waals surface area contributed by atoms with Crippen molar-refractivity contribution in [2.24, 2.45) is 0 Å².